The number of hydrogen-bond acceptors (Lipinski definition) is 4. The molecule has 19 heavy (non-hydrogen) atoms. The van der Waals surface area contributed by atoms with Gasteiger partial charge in [-0.25, -0.2) is 4.98 Å². The van der Waals surface area contributed by atoms with Crippen molar-refractivity contribution in [2.75, 3.05) is 13.1 Å². The molecule has 0 bridgehead atoms. The third-order valence-corrected chi connectivity index (χ3v) is 3.16. The van der Waals surface area contributed by atoms with Crippen molar-refractivity contribution in [1.82, 2.24) is 9.88 Å². The molecule has 8 heteroatoms. The second-order valence-corrected chi connectivity index (χ2v) is 4.44. The molecule has 1 fully saturated rings. The van der Waals surface area contributed by atoms with Crippen LogP contribution in [0, 0.1) is 16.0 Å². The molecule has 1 aromatic rings. The molecule has 8 nitrogen and oxygen atoms in total. The zero-order valence-electron chi connectivity index (χ0n) is 10.0. The van der Waals surface area contributed by atoms with E-state index in [1.165, 1.54) is 17.0 Å². The minimum atomic E-state index is -0.921. The fraction of sp³-hybridized carbons (Fsp3) is 0.455. The van der Waals surface area contributed by atoms with Gasteiger partial charge in [0.25, 0.3) is 5.91 Å². The predicted octanol–water partition coefficient (Wildman–Crippen LogP) is 0.860. The fourth-order valence-electron chi connectivity index (χ4n) is 2.15. The molecule has 1 amide bonds. The number of aromatic amines is 1. The Morgan fingerprint density at radius 2 is 2.21 bits per heavy atom. The Hall–Kier alpha value is -2.38. The van der Waals surface area contributed by atoms with Crippen LogP contribution in [0.1, 0.15) is 23.3 Å². The number of nitro groups is 1. The minimum Gasteiger partial charge on any atom is -0.481 e. The molecule has 102 valence electrons. The Labute approximate surface area is 108 Å². The summed E-state index contributed by atoms with van der Waals surface area (Å²) in [5, 5.41) is 19.5. The quantitative estimate of drug-likeness (QED) is 0.622. The maximum atomic E-state index is 12.1. The van der Waals surface area contributed by atoms with Gasteiger partial charge in [-0.05, 0) is 23.8 Å². The van der Waals surface area contributed by atoms with Crippen LogP contribution in [0.3, 0.4) is 0 Å². The lowest BCUT2D eigenvalue weighted by molar-refractivity contribution is -0.389. The molecule has 1 saturated heterocycles. The first-order chi connectivity index (χ1) is 8.99. The van der Waals surface area contributed by atoms with E-state index in [4.69, 9.17) is 5.11 Å². The van der Waals surface area contributed by atoms with E-state index in [0.717, 1.165) is 0 Å². The number of aliphatic carboxylic acids is 1. The van der Waals surface area contributed by atoms with Gasteiger partial charge in [0, 0.05) is 19.2 Å². The summed E-state index contributed by atoms with van der Waals surface area (Å²) in [7, 11) is 0. The van der Waals surface area contributed by atoms with E-state index in [9.17, 15) is 19.7 Å². The van der Waals surface area contributed by atoms with Crippen molar-refractivity contribution in [3.63, 3.8) is 0 Å². The summed E-state index contributed by atoms with van der Waals surface area (Å²) in [4.78, 5) is 36.7. The lowest BCUT2D eigenvalue weighted by Crippen LogP contribution is -2.42. The Kier molecular flexibility index (Phi) is 3.50. The summed E-state index contributed by atoms with van der Waals surface area (Å²) in [5.41, 5.74) is 0.109. The van der Waals surface area contributed by atoms with Crippen molar-refractivity contribution in [2.45, 2.75) is 12.8 Å². The van der Waals surface area contributed by atoms with Crippen LogP contribution in [0.5, 0.6) is 0 Å². The van der Waals surface area contributed by atoms with E-state index in [-0.39, 0.29) is 18.1 Å². The van der Waals surface area contributed by atoms with Crippen LogP contribution in [0.15, 0.2) is 12.1 Å². The molecule has 2 N–H and O–H groups in total. The highest BCUT2D eigenvalue weighted by molar-refractivity contribution is 5.93. The maximum Gasteiger partial charge on any atom is 0.321 e. The molecule has 0 aliphatic carbocycles. The maximum absolute atomic E-state index is 12.1. The number of aromatic nitrogens is 1. The zero-order chi connectivity index (χ0) is 14.0. The zero-order valence-corrected chi connectivity index (χ0v) is 10.0. The number of carboxylic acids is 1. The number of nitrogens with zero attached hydrogens (tertiary/aromatic N) is 2. The van der Waals surface area contributed by atoms with Gasteiger partial charge in [-0.3, -0.25) is 9.59 Å². The molecule has 2 rings (SSSR count). The molecule has 0 saturated carbocycles. The number of likely N-dealkylation sites (tertiary alicyclic amines) is 1. The van der Waals surface area contributed by atoms with Crippen molar-refractivity contribution < 1.29 is 19.6 Å². The Morgan fingerprint density at radius 3 is 2.79 bits per heavy atom. The number of piperidine rings is 1. The highest BCUT2D eigenvalue weighted by Gasteiger charge is 2.30. The van der Waals surface area contributed by atoms with Crippen LogP contribution in [0.2, 0.25) is 0 Å². The van der Waals surface area contributed by atoms with Gasteiger partial charge >= 0.3 is 11.8 Å². The van der Waals surface area contributed by atoms with E-state index >= 15 is 0 Å². The van der Waals surface area contributed by atoms with E-state index in [0.29, 0.717) is 19.4 Å². The first kappa shape index (κ1) is 13.1. The largest absolute Gasteiger partial charge is 0.481 e. The molecular formula is C11H13N3O5. The van der Waals surface area contributed by atoms with E-state index in [1.54, 1.807) is 0 Å². The molecule has 0 spiro atoms. The SMILES string of the molecule is O=C(O)[C@H]1CCCN(C(=O)c2ccc([N+](=O)[O-])[nH]2)C1. The highest BCUT2D eigenvalue weighted by Crippen LogP contribution is 2.19. The topological polar surface area (TPSA) is 117 Å². The average molecular weight is 267 g/mol. The lowest BCUT2D eigenvalue weighted by Gasteiger charge is -2.29. The average Bonchev–Trinajstić information content (AvgIpc) is 2.87. The standard InChI is InChI=1S/C11H13N3O5/c15-10(8-3-4-9(12-8)14(18)19)13-5-1-2-7(6-13)11(16)17/h3-4,7,12H,1-2,5-6H2,(H,16,17)/t7-/m0/s1. The highest BCUT2D eigenvalue weighted by atomic mass is 16.6. The van der Waals surface area contributed by atoms with Gasteiger partial charge in [0.1, 0.15) is 0 Å². The number of carboxylic acid groups (broad SMARTS) is 1. The molecule has 1 atom stereocenters. The van der Waals surface area contributed by atoms with Crippen molar-refractivity contribution in [3.05, 3.63) is 27.9 Å². The van der Waals surface area contributed by atoms with E-state index in [2.05, 4.69) is 4.98 Å². The van der Waals surface area contributed by atoms with Crippen LogP contribution in [0.4, 0.5) is 5.82 Å². The number of amides is 1. The van der Waals surface area contributed by atoms with Crippen LogP contribution in [-0.2, 0) is 4.79 Å². The van der Waals surface area contributed by atoms with Gasteiger partial charge in [0.2, 0.25) is 0 Å². The van der Waals surface area contributed by atoms with Crippen molar-refractivity contribution in [3.8, 4) is 0 Å². The van der Waals surface area contributed by atoms with Crippen LogP contribution >= 0.6 is 0 Å². The van der Waals surface area contributed by atoms with Crippen LogP contribution in [-0.4, -0.2) is 44.9 Å². The minimum absolute atomic E-state index is 0.109. The third kappa shape index (κ3) is 2.72. The van der Waals surface area contributed by atoms with E-state index < -0.39 is 22.7 Å². The summed E-state index contributed by atoms with van der Waals surface area (Å²) in [6, 6.07) is 2.55. The number of H-pyrrole nitrogens is 1. The summed E-state index contributed by atoms with van der Waals surface area (Å²) < 4.78 is 0. The van der Waals surface area contributed by atoms with Crippen LogP contribution in [0.25, 0.3) is 0 Å². The first-order valence-corrected chi connectivity index (χ1v) is 5.84. The molecule has 0 aromatic carbocycles. The summed E-state index contributed by atoms with van der Waals surface area (Å²) in [6.07, 6.45) is 1.16. The second-order valence-electron chi connectivity index (χ2n) is 4.44. The molecule has 0 radical (unpaired) electrons. The van der Waals surface area contributed by atoms with Gasteiger partial charge in [0.05, 0.1) is 5.92 Å². The summed E-state index contributed by atoms with van der Waals surface area (Å²) >= 11 is 0. The number of nitrogens with one attached hydrogen (secondary N) is 1. The Morgan fingerprint density at radius 1 is 1.47 bits per heavy atom. The molecule has 1 aliphatic rings. The molecule has 0 unspecified atom stereocenters. The fourth-order valence-corrected chi connectivity index (χ4v) is 2.15. The van der Waals surface area contributed by atoms with Crippen molar-refractivity contribution >= 4 is 17.7 Å². The summed E-state index contributed by atoms with van der Waals surface area (Å²) in [5.74, 6) is -2.15. The smallest absolute Gasteiger partial charge is 0.321 e. The van der Waals surface area contributed by atoms with Gasteiger partial charge in [-0.2, -0.15) is 0 Å². The Bertz CT molecular complexity index is 524. The van der Waals surface area contributed by atoms with Crippen molar-refractivity contribution in [2.24, 2.45) is 5.92 Å². The number of hydrogen-bond donors (Lipinski definition) is 2. The molecule has 1 aromatic heterocycles. The number of carbonyl (C=O) groups is 2. The molecular weight excluding hydrogens is 254 g/mol. The normalized spacial score (nSPS) is 19.2. The second kappa shape index (κ2) is 5.09. The van der Waals surface area contributed by atoms with Gasteiger partial charge in [-0.1, -0.05) is 0 Å². The monoisotopic (exact) mass is 267 g/mol. The van der Waals surface area contributed by atoms with Crippen molar-refractivity contribution in [1.29, 1.82) is 0 Å². The molecule has 1 aliphatic heterocycles. The Balaban J connectivity index is 2.10. The van der Waals surface area contributed by atoms with Gasteiger partial charge in [-0.15, -0.1) is 0 Å². The van der Waals surface area contributed by atoms with E-state index in [1.807, 2.05) is 0 Å². The summed E-state index contributed by atoms with van der Waals surface area (Å²) in [6.45, 7) is 0.608. The number of rotatable bonds is 3. The first-order valence-electron chi connectivity index (χ1n) is 5.84. The number of carbonyl (C=O) groups excluding carboxylic acids is 1. The third-order valence-electron chi connectivity index (χ3n) is 3.16. The van der Waals surface area contributed by atoms with Crippen LogP contribution < -0.4 is 0 Å². The van der Waals surface area contributed by atoms with Gasteiger partial charge in [0.15, 0.2) is 5.69 Å². The lowest BCUT2D eigenvalue weighted by atomic mass is 9.98. The molecule has 2 heterocycles. The predicted molar refractivity (Wildman–Crippen MR) is 63.7 cm³/mol. The van der Waals surface area contributed by atoms with Gasteiger partial charge < -0.3 is 20.1 Å².